The van der Waals surface area contributed by atoms with E-state index in [1.54, 1.807) is 4.57 Å². The Balaban J connectivity index is 2.20. The molecule has 1 saturated heterocycles. The van der Waals surface area contributed by atoms with Gasteiger partial charge in [0.15, 0.2) is 11.2 Å². The lowest BCUT2D eigenvalue weighted by atomic mass is 10.1. The Morgan fingerprint density at radius 2 is 2.40 bits per heavy atom. The lowest BCUT2D eigenvalue weighted by Gasteiger charge is -2.24. The van der Waals surface area contributed by atoms with Gasteiger partial charge in [0.1, 0.15) is 18.2 Å². The van der Waals surface area contributed by atoms with E-state index in [1.807, 2.05) is 0 Å². The molecule has 8 heteroatoms. The minimum Gasteiger partial charge on any atom is -0.479 e. The lowest BCUT2D eigenvalue weighted by molar-refractivity contribution is -0.125. The van der Waals surface area contributed by atoms with Crippen LogP contribution in [0.1, 0.15) is 24.7 Å². The van der Waals surface area contributed by atoms with Crippen molar-refractivity contribution in [2.45, 2.75) is 24.8 Å². The lowest BCUT2D eigenvalue weighted by Crippen LogP contribution is -2.38. The summed E-state index contributed by atoms with van der Waals surface area (Å²) in [7, 11) is 1.52. The fourth-order valence-corrected chi connectivity index (χ4v) is 2.70. The van der Waals surface area contributed by atoms with Gasteiger partial charge in [0.05, 0.1) is 13.0 Å². The second-order valence-electron chi connectivity index (χ2n) is 4.54. The van der Waals surface area contributed by atoms with Gasteiger partial charge in [-0.3, -0.25) is 9.36 Å². The maximum atomic E-state index is 12.1. The highest BCUT2D eigenvalue weighted by Crippen LogP contribution is 2.28. The minimum absolute atomic E-state index is 0.0282. The molecule has 0 saturated carbocycles. The van der Waals surface area contributed by atoms with Crippen LogP contribution in [-0.2, 0) is 10.7 Å². The molecule has 1 fully saturated rings. The van der Waals surface area contributed by atoms with Crippen molar-refractivity contribution in [2.75, 3.05) is 13.7 Å². The van der Waals surface area contributed by atoms with Gasteiger partial charge >= 0.3 is 0 Å². The van der Waals surface area contributed by atoms with Crippen molar-refractivity contribution in [1.82, 2.24) is 24.8 Å². The van der Waals surface area contributed by atoms with Crippen molar-refractivity contribution in [3.05, 3.63) is 12.2 Å². The summed E-state index contributed by atoms with van der Waals surface area (Å²) >= 11 is 5.96. The summed E-state index contributed by atoms with van der Waals surface area (Å²) in [5.74, 6) is 1.15. The zero-order valence-electron chi connectivity index (χ0n) is 11.0. The fourth-order valence-electron chi connectivity index (χ4n) is 2.51. The van der Waals surface area contributed by atoms with E-state index in [2.05, 4.69) is 20.3 Å². The number of imidazole rings is 1. The van der Waals surface area contributed by atoms with Gasteiger partial charge in [0.2, 0.25) is 11.8 Å². The third-order valence-electron chi connectivity index (χ3n) is 3.40. The normalized spacial score (nSPS) is 19.1. The number of carbonyl (C=O) groups is 1. The van der Waals surface area contributed by atoms with E-state index in [4.69, 9.17) is 16.3 Å². The molecule has 106 valence electrons. The molecule has 0 radical (unpaired) electrons. The van der Waals surface area contributed by atoms with Crippen LogP contribution in [-0.4, -0.2) is 39.1 Å². The molecule has 1 amide bonds. The van der Waals surface area contributed by atoms with Gasteiger partial charge in [-0.1, -0.05) is 0 Å². The number of halogens is 1. The molecule has 3 rings (SSSR count). The van der Waals surface area contributed by atoms with Gasteiger partial charge in [0.25, 0.3) is 0 Å². The highest BCUT2D eigenvalue weighted by molar-refractivity contribution is 6.17. The van der Waals surface area contributed by atoms with E-state index in [9.17, 15) is 4.79 Å². The van der Waals surface area contributed by atoms with Crippen LogP contribution in [0.15, 0.2) is 6.33 Å². The Hall–Kier alpha value is -1.89. The molecular formula is C12H14ClN5O2. The first kappa shape index (κ1) is 13.1. The Morgan fingerprint density at radius 1 is 1.55 bits per heavy atom. The third-order valence-corrected chi connectivity index (χ3v) is 3.64. The van der Waals surface area contributed by atoms with Crippen molar-refractivity contribution in [3.63, 3.8) is 0 Å². The number of nitrogens with zero attached hydrogens (tertiary/aromatic N) is 4. The van der Waals surface area contributed by atoms with Crippen LogP contribution in [0.2, 0.25) is 0 Å². The first-order valence-corrected chi connectivity index (χ1v) is 6.89. The molecule has 1 aliphatic heterocycles. The van der Waals surface area contributed by atoms with Gasteiger partial charge in [-0.2, -0.15) is 4.98 Å². The van der Waals surface area contributed by atoms with Gasteiger partial charge < -0.3 is 10.1 Å². The Labute approximate surface area is 120 Å². The Morgan fingerprint density at radius 3 is 3.10 bits per heavy atom. The minimum atomic E-state index is -0.331. The zero-order chi connectivity index (χ0) is 14.1. The largest absolute Gasteiger partial charge is 0.479 e. The molecule has 1 unspecified atom stereocenters. The number of rotatable bonds is 3. The van der Waals surface area contributed by atoms with Crippen LogP contribution in [0.4, 0.5) is 0 Å². The number of carbonyl (C=O) groups excluding carboxylic acids is 1. The molecule has 20 heavy (non-hydrogen) atoms. The predicted octanol–water partition coefficient (Wildman–Crippen LogP) is 1.02. The maximum Gasteiger partial charge on any atom is 0.245 e. The zero-order valence-corrected chi connectivity index (χ0v) is 11.7. The average molecular weight is 296 g/mol. The Bertz CT molecular complexity index is 657. The van der Waals surface area contributed by atoms with Crippen molar-refractivity contribution in [1.29, 1.82) is 0 Å². The van der Waals surface area contributed by atoms with Crippen molar-refractivity contribution >= 4 is 28.7 Å². The molecule has 0 aliphatic carbocycles. The third kappa shape index (κ3) is 1.98. The summed E-state index contributed by atoms with van der Waals surface area (Å²) in [6, 6.07) is -0.331. The van der Waals surface area contributed by atoms with E-state index >= 15 is 0 Å². The number of hydrogen-bond acceptors (Lipinski definition) is 5. The van der Waals surface area contributed by atoms with Crippen molar-refractivity contribution < 1.29 is 9.53 Å². The number of hydrogen-bond donors (Lipinski definition) is 1. The number of fused-ring (bicyclic) bond motifs is 1. The van der Waals surface area contributed by atoms with Gasteiger partial charge in [-0.25, -0.2) is 9.97 Å². The molecule has 2 aromatic rings. The quantitative estimate of drug-likeness (QED) is 0.855. The highest BCUT2D eigenvalue weighted by Gasteiger charge is 2.29. The van der Waals surface area contributed by atoms with Crippen LogP contribution >= 0.6 is 11.6 Å². The maximum absolute atomic E-state index is 12.1. The number of aromatic nitrogens is 4. The van der Waals surface area contributed by atoms with Crippen LogP contribution in [0, 0.1) is 0 Å². The molecule has 0 spiro atoms. The van der Waals surface area contributed by atoms with E-state index < -0.39 is 0 Å². The SMILES string of the molecule is COc1ncnc2c1nc(CCl)n2C1CCCNC1=O. The topological polar surface area (TPSA) is 81.9 Å². The smallest absolute Gasteiger partial charge is 0.245 e. The molecule has 0 aromatic carbocycles. The number of nitrogens with one attached hydrogen (secondary N) is 1. The van der Waals surface area contributed by atoms with Gasteiger partial charge in [-0.15, -0.1) is 11.6 Å². The van der Waals surface area contributed by atoms with Crippen LogP contribution < -0.4 is 10.1 Å². The monoisotopic (exact) mass is 295 g/mol. The summed E-state index contributed by atoms with van der Waals surface area (Å²) in [4.78, 5) is 24.8. The van der Waals surface area contributed by atoms with Crippen LogP contribution in [0.5, 0.6) is 5.88 Å². The molecule has 3 heterocycles. The average Bonchev–Trinajstić information content (AvgIpc) is 2.86. The number of piperidine rings is 1. The van der Waals surface area contributed by atoms with Crippen LogP contribution in [0.25, 0.3) is 11.2 Å². The van der Waals surface area contributed by atoms with Gasteiger partial charge in [-0.05, 0) is 12.8 Å². The first-order valence-electron chi connectivity index (χ1n) is 6.35. The van der Waals surface area contributed by atoms with E-state index in [0.29, 0.717) is 29.4 Å². The Kier molecular flexibility index (Phi) is 3.43. The van der Waals surface area contributed by atoms with Crippen molar-refractivity contribution in [2.24, 2.45) is 0 Å². The number of ether oxygens (including phenoxy) is 1. The molecular weight excluding hydrogens is 282 g/mol. The molecule has 7 nitrogen and oxygen atoms in total. The standard InChI is InChI=1S/C12H14ClN5O2/c1-20-12-9-10(15-6-16-12)18(8(5-13)17-9)7-3-2-4-14-11(7)19/h6-7H,2-5H2,1H3,(H,14,19). The summed E-state index contributed by atoms with van der Waals surface area (Å²) in [6.07, 6.45) is 3.06. The van der Waals surface area contributed by atoms with E-state index in [0.717, 1.165) is 12.8 Å². The summed E-state index contributed by atoms with van der Waals surface area (Å²) in [5.41, 5.74) is 1.11. The van der Waals surface area contributed by atoms with Gasteiger partial charge in [0, 0.05) is 6.54 Å². The van der Waals surface area contributed by atoms with E-state index in [-0.39, 0.29) is 17.8 Å². The highest BCUT2D eigenvalue weighted by atomic mass is 35.5. The second kappa shape index (κ2) is 5.24. The molecule has 1 atom stereocenters. The second-order valence-corrected chi connectivity index (χ2v) is 4.80. The summed E-state index contributed by atoms with van der Waals surface area (Å²) in [5, 5.41) is 2.86. The first-order chi connectivity index (χ1) is 9.76. The van der Waals surface area contributed by atoms with Crippen molar-refractivity contribution in [3.8, 4) is 5.88 Å². The number of amides is 1. The van der Waals surface area contributed by atoms with Crippen LogP contribution in [0.3, 0.4) is 0 Å². The predicted molar refractivity (Wildman–Crippen MR) is 72.7 cm³/mol. The molecule has 2 aromatic heterocycles. The fraction of sp³-hybridized carbons (Fsp3) is 0.500. The number of methoxy groups -OCH3 is 1. The molecule has 0 bridgehead atoms. The number of alkyl halides is 1. The summed E-state index contributed by atoms with van der Waals surface area (Å²) < 4.78 is 6.98. The molecule has 1 aliphatic rings. The summed E-state index contributed by atoms with van der Waals surface area (Å²) in [6.45, 7) is 0.705. The molecule has 1 N–H and O–H groups in total. The van der Waals surface area contributed by atoms with E-state index in [1.165, 1.54) is 13.4 Å².